The van der Waals surface area contributed by atoms with Gasteiger partial charge in [-0.05, 0) is 26.2 Å². The van der Waals surface area contributed by atoms with E-state index in [0.717, 1.165) is 25.7 Å². The van der Waals surface area contributed by atoms with Crippen LogP contribution in [0.1, 0.15) is 32.6 Å². The number of allylic oxidation sites excluding steroid dienone is 1. The summed E-state index contributed by atoms with van der Waals surface area (Å²) < 4.78 is 0. The Bertz CT molecular complexity index is 182. The highest BCUT2D eigenvalue weighted by molar-refractivity contribution is 5.82. The van der Waals surface area contributed by atoms with Gasteiger partial charge < -0.3 is 5.11 Å². The Balaban J connectivity index is 2.27. The number of Topliss-reactive ketones (excluding diaryl/α,β-unsaturated/α-hetero) is 1. The second-order valence-corrected chi connectivity index (χ2v) is 3.46. The Kier molecular flexibility index (Phi) is 3.48. The average Bonchev–Trinajstić information content (AvgIpc) is 2.36. The van der Waals surface area contributed by atoms with Crippen LogP contribution in [0.5, 0.6) is 0 Å². The van der Waals surface area contributed by atoms with Crippen LogP contribution >= 0.6 is 0 Å². The molecule has 12 heavy (non-hydrogen) atoms. The summed E-state index contributed by atoms with van der Waals surface area (Å²) in [5.41, 5.74) is 0. The van der Waals surface area contributed by atoms with Crippen LogP contribution in [-0.2, 0) is 4.79 Å². The Morgan fingerprint density at radius 3 is 3.00 bits per heavy atom. The molecule has 2 nitrogen and oxygen atoms in total. The molecule has 1 aliphatic rings. The van der Waals surface area contributed by atoms with Crippen LogP contribution in [-0.4, -0.2) is 17.0 Å². The molecular weight excluding hydrogens is 152 g/mol. The van der Waals surface area contributed by atoms with Crippen molar-refractivity contribution in [3.8, 4) is 0 Å². The van der Waals surface area contributed by atoms with E-state index in [4.69, 9.17) is 5.11 Å². The zero-order valence-electron chi connectivity index (χ0n) is 7.49. The highest BCUT2D eigenvalue weighted by atomic mass is 16.3. The minimum atomic E-state index is -0.387. The van der Waals surface area contributed by atoms with Gasteiger partial charge in [0, 0.05) is 12.3 Å². The van der Waals surface area contributed by atoms with Gasteiger partial charge in [-0.3, -0.25) is 4.79 Å². The first-order valence-corrected chi connectivity index (χ1v) is 4.57. The molecule has 0 aromatic rings. The molecule has 0 aromatic heterocycles. The van der Waals surface area contributed by atoms with Gasteiger partial charge in [-0.2, -0.15) is 0 Å². The fourth-order valence-electron chi connectivity index (χ4n) is 1.58. The summed E-state index contributed by atoms with van der Waals surface area (Å²) in [6, 6.07) is 0. The molecule has 0 saturated heterocycles. The van der Waals surface area contributed by atoms with Crippen LogP contribution in [0.3, 0.4) is 0 Å². The fraction of sp³-hybridized carbons (Fsp3) is 0.700. The molecule has 1 fully saturated rings. The van der Waals surface area contributed by atoms with E-state index < -0.39 is 0 Å². The summed E-state index contributed by atoms with van der Waals surface area (Å²) in [5, 5.41) is 8.92. The third-order valence-corrected chi connectivity index (χ3v) is 2.27. The first-order chi connectivity index (χ1) is 5.70. The second kappa shape index (κ2) is 4.41. The Labute approximate surface area is 73.3 Å². The van der Waals surface area contributed by atoms with Gasteiger partial charge >= 0.3 is 0 Å². The van der Waals surface area contributed by atoms with E-state index in [1.54, 1.807) is 13.0 Å². The smallest absolute Gasteiger partial charge is 0.136 e. The Hall–Kier alpha value is -0.630. The van der Waals surface area contributed by atoms with Gasteiger partial charge in [0.25, 0.3) is 0 Å². The van der Waals surface area contributed by atoms with E-state index in [2.05, 4.69) is 0 Å². The second-order valence-electron chi connectivity index (χ2n) is 3.46. The lowest BCUT2D eigenvalue weighted by atomic mass is 10.0. The van der Waals surface area contributed by atoms with Crippen LogP contribution in [0.2, 0.25) is 0 Å². The summed E-state index contributed by atoms with van der Waals surface area (Å²) in [6.07, 6.45) is 6.91. The normalized spacial score (nSPS) is 26.8. The SMILES string of the molecule is C[C@@H](O)C=CCC1CCCC1=O. The van der Waals surface area contributed by atoms with E-state index in [1.807, 2.05) is 6.08 Å². The molecule has 0 radical (unpaired) electrons. The van der Waals surface area contributed by atoms with Gasteiger partial charge in [0.15, 0.2) is 0 Å². The van der Waals surface area contributed by atoms with Crippen molar-refractivity contribution in [2.45, 2.75) is 38.7 Å². The van der Waals surface area contributed by atoms with E-state index in [9.17, 15) is 4.79 Å². The van der Waals surface area contributed by atoms with Gasteiger partial charge in [0.1, 0.15) is 5.78 Å². The highest BCUT2D eigenvalue weighted by Gasteiger charge is 2.22. The number of hydrogen-bond acceptors (Lipinski definition) is 2. The number of aliphatic hydroxyl groups excluding tert-OH is 1. The number of carbonyl (C=O) groups excluding carboxylic acids is 1. The van der Waals surface area contributed by atoms with E-state index >= 15 is 0 Å². The maximum Gasteiger partial charge on any atom is 0.136 e. The van der Waals surface area contributed by atoms with Crippen LogP contribution in [0.25, 0.3) is 0 Å². The monoisotopic (exact) mass is 168 g/mol. The lowest BCUT2D eigenvalue weighted by molar-refractivity contribution is -0.120. The topological polar surface area (TPSA) is 37.3 Å². The van der Waals surface area contributed by atoms with Crippen molar-refractivity contribution in [1.82, 2.24) is 0 Å². The summed E-state index contributed by atoms with van der Waals surface area (Å²) >= 11 is 0. The minimum absolute atomic E-state index is 0.236. The summed E-state index contributed by atoms with van der Waals surface area (Å²) in [5.74, 6) is 0.630. The number of ketones is 1. The average molecular weight is 168 g/mol. The predicted octanol–water partition coefficient (Wildman–Crippen LogP) is 1.68. The maximum absolute atomic E-state index is 11.2. The van der Waals surface area contributed by atoms with Crippen molar-refractivity contribution in [3.63, 3.8) is 0 Å². The minimum Gasteiger partial charge on any atom is -0.389 e. The molecule has 0 aromatic carbocycles. The van der Waals surface area contributed by atoms with Gasteiger partial charge in [0.2, 0.25) is 0 Å². The third kappa shape index (κ3) is 2.78. The van der Waals surface area contributed by atoms with Crippen molar-refractivity contribution < 1.29 is 9.90 Å². The molecule has 1 unspecified atom stereocenters. The van der Waals surface area contributed by atoms with Gasteiger partial charge in [-0.1, -0.05) is 12.2 Å². The molecule has 1 saturated carbocycles. The number of carbonyl (C=O) groups is 1. The number of hydrogen-bond donors (Lipinski definition) is 1. The third-order valence-electron chi connectivity index (χ3n) is 2.27. The van der Waals surface area contributed by atoms with E-state index in [1.165, 1.54) is 0 Å². The lowest BCUT2D eigenvalue weighted by Gasteiger charge is -2.02. The van der Waals surface area contributed by atoms with Gasteiger partial charge in [0.05, 0.1) is 6.10 Å². The van der Waals surface area contributed by atoms with Crippen molar-refractivity contribution in [2.24, 2.45) is 5.92 Å². The molecule has 1 rings (SSSR count). The molecule has 2 atom stereocenters. The zero-order chi connectivity index (χ0) is 8.97. The van der Waals surface area contributed by atoms with Crippen molar-refractivity contribution in [2.75, 3.05) is 0 Å². The molecule has 2 heteroatoms. The first kappa shape index (κ1) is 9.46. The fourth-order valence-corrected chi connectivity index (χ4v) is 1.58. The zero-order valence-corrected chi connectivity index (χ0v) is 7.49. The quantitative estimate of drug-likeness (QED) is 0.651. The molecular formula is C10H16O2. The molecule has 1 aliphatic carbocycles. The van der Waals surface area contributed by atoms with Crippen LogP contribution < -0.4 is 0 Å². The lowest BCUT2D eigenvalue weighted by Crippen LogP contribution is -2.04. The number of aliphatic hydroxyl groups is 1. The first-order valence-electron chi connectivity index (χ1n) is 4.57. The summed E-state index contributed by atoms with van der Waals surface area (Å²) in [4.78, 5) is 11.2. The molecule has 68 valence electrons. The molecule has 0 spiro atoms. The molecule has 1 N–H and O–H groups in total. The Morgan fingerprint density at radius 2 is 2.50 bits per heavy atom. The van der Waals surface area contributed by atoms with E-state index in [0.29, 0.717) is 5.78 Å². The number of rotatable bonds is 3. The molecule has 0 heterocycles. The van der Waals surface area contributed by atoms with Crippen LogP contribution in [0, 0.1) is 5.92 Å². The van der Waals surface area contributed by atoms with E-state index in [-0.39, 0.29) is 12.0 Å². The highest BCUT2D eigenvalue weighted by Crippen LogP contribution is 2.24. The van der Waals surface area contributed by atoms with Crippen LogP contribution in [0.4, 0.5) is 0 Å². The summed E-state index contributed by atoms with van der Waals surface area (Å²) in [7, 11) is 0. The van der Waals surface area contributed by atoms with Crippen molar-refractivity contribution in [1.29, 1.82) is 0 Å². The van der Waals surface area contributed by atoms with Crippen molar-refractivity contribution in [3.05, 3.63) is 12.2 Å². The molecule has 0 bridgehead atoms. The summed E-state index contributed by atoms with van der Waals surface area (Å²) in [6.45, 7) is 1.72. The largest absolute Gasteiger partial charge is 0.389 e. The molecule has 0 amide bonds. The van der Waals surface area contributed by atoms with Crippen molar-refractivity contribution >= 4 is 5.78 Å². The Morgan fingerprint density at radius 1 is 1.75 bits per heavy atom. The standard InChI is InChI=1S/C10H16O2/c1-8(11)4-2-5-9-6-3-7-10(9)12/h2,4,8-9,11H,3,5-7H2,1H3/t8-,9?/m1/s1. The maximum atomic E-state index is 11.2. The molecule has 0 aliphatic heterocycles. The predicted molar refractivity (Wildman–Crippen MR) is 47.8 cm³/mol. The van der Waals surface area contributed by atoms with Gasteiger partial charge in [-0.15, -0.1) is 0 Å². The van der Waals surface area contributed by atoms with Crippen LogP contribution in [0.15, 0.2) is 12.2 Å². The van der Waals surface area contributed by atoms with Gasteiger partial charge in [-0.25, -0.2) is 0 Å².